The Kier molecular flexibility index (Phi) is 7.23. The van der Waals surface area contributed by atoms with E-state index in [-0.39, 0.29) is 6.04 Å². The number of piperidine rings is 1. The van der Waals surface area contributed by atoms with Crippen LogP contribution in [-0.4, -0.2) is 42.3 Å². The van der Waals surface area contributed by atoms with E-state index in [1.807, 2.05) is 24.3 Å². The van der Waals surface area contributed by atoms with Crippen molar-refractivity contribution in [3.63, 3.8) is 0 Å². The number of nitrogens with one attached hydrogen (secondary N) is 2. The molecule has 0 radical (unpaired) electrons. The third kappa shape index (κ3) is 6.93. The average molecular weight is 385 g/mol. The van der Waals surface area contributed by atoms with E-state index in [2.05, 4.69) is 10.2 Å². The first-order valence-corrected chi connectivity index (χ1v) is 8.61. The van der Waals surface area contributed by atoms with E-state index in [0.29, 0.717) is 25.9 Å². The molecule has 1 aliphatic heterocycles. The predicted molar refractivity (Wildman–Crippen MR) is 94.1 cm³/mol. The zero-order chi connectivity index (χ0) is 19.9. The van der Waals surface area contributed by atoms with Crippen molar-refractivity contribution < 1.29 is 28.0 Å². The average Bonchev–Trinajstić information content (AvgIpc) is 2.65. The molecule has 1 fully saturated rings. The Morgan fingerprint density at radius 3 is 2.52 bits per heavy atom. The second kappa shape index (κ2) is 9.40. The first kappa shape index (κ1) is 20.8. The summed E-state index contributed by atoms with van der Waals surface area (Å²) in [6.45, 7) is 1.25. The molecule has 0 bridgehead atoms. The molecule has 2 amide bonds. The van der Waals surface area contributed by atoms with Gasteiger partial charge >= 0.3 is 6.18 Å². The molecule has 0 saturated carbocycles. The number of halogens is 3. The largest absolute Gasteiger partial charge is 0.389 e. The number of anilines is 1. The van der Waals surface area contributed by atoms with Gasteiger partial charge in [0.25, 0.3) is 5.91 Å². The Hall–Kier alpha value is -2.55. The van der Waals surface area contributed by atoms with Gasteiger partial charge in [-0.1, -0.05) is 18.2 Å². The van der Waals surface area contributed by atoms with Gasteiger partial charge in [0.2, 0.25) is 5.91 Å². The maximum absolute atomic E-state index is 12.2. The van der Waals surface area contributed by atoms with Crippen LogP contribution in [0.5, 0.6) is 0 Å². The van der Waals surface area contributed by atoms with Gasteiger partial charge in [-0.3, -0.25) is 14.8 Å². The highest BCUT2D eigenvalue weighted by Gasteiger charge is 2.29. The number of carbonyl (C=O) groups excluding carboxylic acids is 2. The van der Waals surface area contributed by atoms with E-state index in [0.717, 1.165) is 11.3 Å². The minimum absolute atomic E-state index is 0.148. The van der Waals surface area contributed by atoms with Crippen molar-refractivity contribution in [2.24, 2.45) is 0 Å². The lowest BCUT2D eigenvalue weighted by Gasteiger charge is -2.34. The van der Waals surface area contributed by atoms with Gasteiger partial charge in [-0.25, -0.2) is 5.48 Å². The molecule has 6 nitrogen and oxygen atoms in total. The van der Waals surface area contributed by atoms with E-state index in [9.17, 15) is 22.8 Å². The van der Waals surface area contributed by atoms with Crippen molar-refractivity contribution in [2.45, 2.75) is 37.9 Å². The summed E-state index contributed by atoms with van der Waals surface area (Å²) in [7, 11) is 0. The van der Waals surface area contributed by atoms with Crippen LogP contribution in [0.4, 0.5) is 18.9 Å². The number of hydrogen-bond acceptors (Lipinski definition) is 4. The molecular formula is C18H22F3N3O3. The number of carbonyl (C=O) groups is 2. The minimum atomic E-state index is -4.33. The van der Waals surface area contributed by atoms with E-state index >= 15 is 0 Å². The molecule has 0 aromatic heterocycles. The molecule has 3 N–H and O–H groups in total. The highest BCUT2D eigenvalue weighted by molar-refractivity contribution is 5.91. The lowest BCUT2D eigenvalue weighted by molar-refractivity contribution is -0.144. The second-order valence-corrected chi connectivity index (χ2v) is 6.31. The zero-order valence-corrected chi connectivity index (χ0v) is 14.6. The predicted octanol–water partition coefficient (Wildman–Crippen LogP) is 2.63. The quantitative estimate of drug-likeness (QED) is 0.400. The van der Waals surface area contributed by atoms with Crippen LogP contribution in [0.25, 0.3) is 6.08 Å². The molecule has 2 rings (SSSR count). The molecule has 1 aromatic rings. The summed E-state index contributed by atoms with van der Waals surface area (Å²) in [6, 6.07) is 7.28. The number of para-hydroxylation sites is 1. The number of hydroxylamine groups is 1. The molecule has 1 aliphatic rings. The van der Waals surface area contributed by atoms with E-state index in [1.165, 1.54) is 11.6 Å². The fraction of sp³-hybridized carbons (Fsp3) is 0.444. The van der Waals surface area contributed by atoms with Gasteiger partial charge in [-0.15, -0.1) is 0 Å². The first-order chi connectivity index (χ1) is 12.8. The zero-order valence-electron chi connectivity index (χ0n) is 14.6. The van der Waals surface area contributed by atoms with E-state index in [1.54, 1.807) is 6.08 Å². The van der Waals surface area contributed by atoms with E-state index < -0.39 is 30.8 Å². The monoisotopic (exact) mass is 385 g/mol. The third-order valence-corrected chi connectivity index (χ3v) is 4.30. The molecule has 1 saturated heterocycles. The summed E-state index contributed by atoms with van der Waals surface area (Å²) in [5, 5.41) is 11.2. The Morgan fingerprint density at radius 1 is 1.22 bits per heavy atom. The molecule has 0 aliphatic carbocycles. The second-order valence-electron chi connectivity index (χ2n) is 6.31. The lowest BCUT2D eigenvalue weighted by Crippen LogP contribution is -2.45. The SMILES string of the molecule is O=C(C=Cc1ccccc1N1CCC(NC(=O)CCC(F)(F)F)CC1)NO. The molecule has 9 heteroatoms. The molecular weight excluding hydrogens is 363 g/mol. The van der Waals surface area contributed by atoms with Crippen LogP contribution in [0.3, 0.4) is 0 Å². The van der Waals surface area contributed by atoms with Crippen molar-refractivity contribution in [3.05, 3.63) is 35.9 Å². The lowest BCUT2D eigenvalue weighted by atomic mass is 10.0. The minimum Gasteiger partial charge on any atom is -0.371 e. The topological polar surface area (TPSA) is 81.7 Å². The van der Waals surface area contributed by atoms with Crippen LogP contribution < -0.4 is 15.7 Å². The number of amides is 2. The number of alkyl halides is 3. The smallest absolute Gasteiger partial charge is 0.371 e. The Balaban J connectivity index is 1.90. The van der Waals surface area contributed by atoms with Gasteiger partial charge < -0.3 is 10.2 Å². The molecule has 1 aromatic carbocycles. The van der Waals surface area contributed by atoms with Crippen LogP contribution in [0.2, 0.25) is 0 Å². The Labute approximate surface area is 155 Å². The number of nitrogens with zero attached hydrogens (tertiary/aromatic N) is 1. The fourth-order valence-corrected chi connectivity index (χ4v) is 2.94. The van der Waals surface area contributed by atoms with Crippen LogP contribution in [0, 0.1) is 0 Å². The Morgan fingerprint density at radius 2 is 1.89 bits per heavy atom. The summed E-state index contributed by atoms with van der Waals surface area (Å²) in [5.74, 6) is -1.21. The molecule has 27 heavy (non-hydrogen) atoms. The maximum Gasteiger partial charge on any atom is 0.389 e. The van der Waals surface area contributed by atoms with Crippen molar-refractivity contribution >= 4 is 23.6 Å². The Bertz CT molecular complexity index is 684. The van der Waals surface area contributed by atoms with Gasteiger partial charge in [-0.2, -0.15) is 13.2 Å². The number of hydrogen-bond donors (Lipinski definition) is 3. The van der Waals surface area contributed by atoms with Crippen LogP contribution in [-0.2, 0) is 9.59 Å². The summed E-state index contributed by atoms with van der Waals surface area (Å²) in [5.41, 5.74) is 3.23. The third-order valence-electron chi connectivity index (χ3n) is 4.30. The summed E-state index contributed by atoms with van der Waals surface area (Å²) in [4.78, 5) is 24.9. The summed E-state index contributed by atoms with van der Waals surface area (Å²) in [6.07, 6.45) is -1.95. The molecule has 0 atom stereocenters. The summed E-state index contributed by atoms with van der Waals surface area (Å²) < 4.78 is 36.5. The van der Waals surface area contributed by atoms with Gasteiger partial charge in [0.15, 0.2) is 0 Å². The van der Waals surface area contributed by atoms with Gasteiger partial charge in [0.05, 0.1) is 6.42 Å². The van der Waals surface area contributed by atoms with Crippen molar-refractivity contribution in [1.29, 1.82) is 0 Å². The number of rotatable bonds is 6. The van der Waals surface area contributed by atoms with Crippen LogP contribution in [0.1, 0.15) is 31.2 Å². The first-order valence-electron chi connectivity index (χ1n) is 8.61. The van der Waals surface area contributed by atoms with Gasteiger partial charge in [0, 0.05) is 37.3 Å². The highest BCUT2D eigenvalue weighted by Crippen LogP contribution is 2.26. The molecule has 148 valence electrons. The maximum atomic E-state index is 12.2. The van der Waals surface area contributed by atoms with Crippen LogP contribution in [0.15, 0.2) is 30.3 Å². The molecule has 0 unspecified atom stereocenters. The normalized spacial score (nSPS) is 15.8. The van der Waals surface area contributed by atoms with Crippen molar-refractivity contribution in [3.8, 4) is 0 Å². The standard InChI is InChI=1S/C18H22F3N3O3/c19-18(20,21)10-7-16(25)22-14-8-11-24(12-9-14)15-4-2-1-3-13(15)5-6-17(26)23-27/h1-6,14,27H,7-12H2,(H,22,25)(H,23,26). The van der Waals surface area contributed by atoms with Crippen molar-refractivity contribution in [2.75, 3.05) is 18.0 Å². The van der Waals surface area contributed by atoms with Gasteiger partial charge in [0.1, 0.15) is 0 Å². The summed E-state index contributed by atoms with van der Waals surface area (Å²) >= 11 is 0. The van der Waals surface area contributed by atoms with Gasteiger partial charge in [-0.05, 0) is 30.5 Å². The number of benzene rings is 1. The fourth-order valence-electron chi connectivity index (χ4n) is 2.94. The van der Waals surface area contributed by atoms with Crippen LogP contribution >= 0.6 is 0 Å². The van der Waals surface area contributed by atoms with Crippen molar-refractivity contribution in [1.82, 2.24) is 10.8 Å². The van der Waals surface area contributed by atoms with E-state index in [4.69, 9.17) is 5.21 Å². The molecule has 1 heterocycles. The highest BCUT2D eigenvalue weighted by atomic mass is 19.4. The molecule has 0 spiro atoms.